The maximum Gasteiger partial charge on any atom is 0.213 e. The molecule has 4 heteroatoms. The molecule has 0 spiro atoms. The van der Waals surface area contributed by atoms with E-state index in [9.17, 15) is 0 Å². The predicted octanol–water partition coefficient (Wildman–Crippen LogP) is 1.97. The van der Waals surface area contributed by atoms with Crippen LogP contribution in [-0.2, 0) is 0 Å². The van der Waals surface area contributed by atoms with Crippen LogP contribution in [0.1, 0.15) is 37.8 Å². The number of aromatic nitrogens is 1. The summed E-state index contributed by atoms with van der Waals surface area (Å²) in [5.41, 5.74) is 6.81. The van der Waals surface area contributed by atoms with E-state index in [-0.39, 0.29) is 6.04 Å². The van der Waals surface area contributed by atoms with E-state index in [0.717, 1.165) is 12.1 Å². The van der Waals surface area contributed by atoms with Crippen LogP contribution >= 0.6 is 0 Å². The molecule has 1 atom stereocenters. The molecule has 0 unspecified atom stereocenters. The Morgan fingerprint density at radius 2 is 2.11 bits per heavy atom. The summed E-state index contributed by atoms with van der Waals surface area (Å²) >= 11 is 0. The lowest BCUT2D eigenvalue weighted by Crippen LogP contribution is -2.33. The average Bonchev–Trinajstić information content (AvgIpc) is 2.40. The molecule has 2 heterocycles. The summed E-state index contributed by atoms with van der Waals surface area (Å²) in [6, 6.07) is 3.91. The minimum atomic E-state index is 0.0277. The number of nitrogens with zero attached hydrogens (tertiary/aromatic N) is 2. The number of ether oxygens (including phenoxy) is 1. The minimum absolute atomic E-state index is 0.0277. The van der Waals surface area contributed by atoms with E-state index in [1.54, 1.807) is 6.20 Å². The van der Waals surface area contributed by atoms with E-state index >= 15 is 0 Å². The Labute approximate surface area is 109 Å². The maximum absolute atomic E-state index is 5.77. The number of rotatable bonds is 5. The lowest BCUT2D eigenvalue weighted by atomic mass is 10.1. The summed E-state index contributed by atoms with van der Waals surface area (Å²) in [5.74, 6) is 0.691. The van der Waals surface area contributed by atoms with Crippen molar-refractivity contribution in [1.29, 1.82) is 0 Å². The fourth-order valence-electron chi connectivity index (χ4n) is 2.21. The number of likely N-dealkylation sites (tertiary alicyclic amines) is 1. The summed E-state index contributed by atoms with van der Waals surface area (Å²) in [4.78, 5) is 6.72. The molecule has 4 nitrogen and oxygen atoms in total. The molecule has 0 aromatic carbocycles. The summed E-state index contributed by atoms with van der Waals surface area (Å²) in [5, 5.41) is 0. The highest BCUT2D eigenvalue weighted by atomic mass is 16.5. The Hall–Kier alpha value is -1.13. The Morgan fingerprint density at radius 1 is 1.33 bits per heavy atom. The Bertz CT molecular complexity index is 345. The molecule has 0 aliphatic carbocycles. The lowest BCUT2D eigenvalue weighted by Gasteiger charge is -2.26. The van der Waals surface area contributed by atoms with E-state index in [1.165, 1.54) is 32.4 Å². The zero-order valence-electron chi connectivity index (χ0n) is 11.1. The van der Waals surface area contributed by atoms with Crippen molar-refractivity contribution in [2.45, 2.75) is 32.2 Å². The van der Waals surface area contributed by atoms with Gasteiger partial charge in [-0.15, -0.1) is 0 Å². The lowest BCUT2D eigenvalue weighted by molar-refractivity contribution is 0.180. The van der Waals surface area contributed by atoms with E-state index < -0.39 is 0 Å². The van der Waals surface area contributed by atoms with Crippen LogP contribution in [0, 0.1) is 0 Å². The van der Waals surface area contributed by atoms with Crippen LogP contribution in [0.3, 0.4) is 0 Å². The molecule has 1 aromatic heterocycles. The maximum atomic E-state index is 5.77. The molecule has 0 bridgehead atoms. The topological polar surface area (TPSA) is 51.4 Å². The van der Waals surface area contributed by atoms with Crippen molar-refractivity contribution in [3.05, 3.63) is 23.9 Å². The van der Waals surface area contributed by atoms with Crippen molar-refractivity contribution < 1.29 is 4.74 Å². The highest BCUT2D eigenvalue weighted by molar-refractivity contribution is 5.19. The van der Waals surface area contributed by atoms with Crippen molar-refractivity contribution in [2.75, 3.05) is 26.2 Å². The van der Waals surface area contributed by atoms with Gasteiger partial charge in [0.15, 0.2) is 0 Å². The van der Waals surface area contributed by atoms with E-state index in [4.69, 9.17) is 10.5 Å². The van der Waals surface area contributed by atoms with Gasteiger partial charge in [-0.25, -0.2) is 4.98 Å². The molecule has 0 amide bonds. The first-order chi connectivity index (χ1) is 8.75. The van der Waals surface area contributed by atoms with Gasteiger partial charge in [-0.1, -0.05) is 12.5 Å². The molecule has 1 saturated heterocycles. The summed E-state index contributed by atoms with van der Waals surface area (Å²) in [7, 11) is 0. The molecular formula is C14H23N3O. The third-order valence-corrected chi connectivity index (χ3v) is 3.39. The molecule has 0 saturated carbocycles. The molecular weight excluding hydrogens is 226 g/mol. The smallest absolute Gasteiger partial charge is 0.213 e. The summed E-state index contributed by atoms with van der Waals surface area (Å²) in [6.07, 6.45) is 5.81. The van der Waals surface area contributed by atoms with Crippen molar-refractivity contribution in [3.63, 3.8) is 0 Å². The molecule has 2 N–H and O–H groups in total. The van der Waals surface area contributed by atoms with Crippen LogP contribution in [0.2, 0.25) is 0 Å². The zero-order chi connectivity index (χ0) is 12.8. The first-order valence-corrected chi connectivity index (χ1v) is 6.82. The van der Waals surface area contributed by atoms with Gasteiger partial charge in [0.2, 0.25) is 5.88 Å². The fourth-order valence-corrected chi connectivity index (χ4v) is 2.21. The summed E-state index contributed by atoms with van der Waals surface area (Å²) < 4.78 is 5.65. The Kier molecular flexibility index (Phi) is 4.96. The molecule has 18 heavy (non-hydrogen) atoms. The van der Waals surface area contributed by atoms with Crippen LogP contribution in [0.4, 0.5) is 0 Å². The van der Waals surface area contributed by atoms with Gasteiger partial charge in [0.05, 0.1) is 0 Å². The van der Waals surface area contributed by atoms with Gasteiger partial charge in [-0.3, -0.25) is 4.90 Å². The largest absolute Gasteiger partial charge is 0.476 e. The predicted molar refractivity (Wildman–Crippen MR) is 72.6 cm³/mol. The van der Waals surface area contributed by atoms with Crippen molar-refractivity contribution >= 4 is 0 Å². The van der Waals surface area contributed by atoms with Crippen LogP contribution in [0.15, 0.2) is 18.3 Å². The molecule has 1 aliphatic rings. The highest BCUT2D eigenvalue weighted by Gasteiger charge is 2.09. The third kappa shape index (κ3) is 3.96. The van der Waals surface area contributed by atoms with Crippen LogP contribution in [0.25, 0.3) is 0 Å². The van der Waals surface area contributed by atoms with Crippen molar-refractivity contribution in [2.24, 2.45) is 5.73 Å². The molecule has 1 fully saturated rings. The normalized spacial score (nSPS) is 18.6. The van der Waals surface area contributed by atoms with Gasteiger partial charge in [-0.05, 0) is 38.4 Å². The first kappa shape index (κ1) is 13.3. The quantitative estimate of drug-likeness (QED) is 0.866. The number of pyridine rings is 1. The van der Waals surface area contributed by atoms with Gasteiger partial charge in [0.25, 0.3) is 0 Å². The van der Waals surface area contributed by atoms with Crippen molar-refractivity contribution in [3.8, 4) is 5.88 Å². The molecule has 1 aromatic rings. The second-order valence-electron chi connectivity index (χ2n) is 4.97. The fraction of sp³-hybridized carbons (Fsp3) is 0.643. The standard InChI is InChI=1S/C14H23N3O/c1-12(15)13-5-6-14(16-11-13)18-10-9-17-7-3-2-4-8-17/h5-6,11-12H,2-4,7-10,15H2,1H3/t12-/m0/s1. The SMILES string of the molecule is C[C@H](N)c1ccc(OCCN2CCCCC2)nc1. The van der Waals surface area contributed by atoms with E-state index in [2.05, 4.69) is 9.88 Å². The zero-order valence-corrected chi connectivity index (χ0v) is 11.1. The van der Waals surface area contributed by atoms with Crippen LogP contribution in [0.5, 0.6) is 5.88 Å². The van der Waals surface area contributed by atoms with Crippen LogP contribution in [-0.4, -0.2) is 36.1 Å². The Balaban J connectivity index is 1.72. The number of hydrogen-bond acceptors (Lipinski definition) is 4. The monoisotopic (exact) mass is 249 g/mol. The Morgan fingerprint density at radius 3 is 2.72 bits per heavy atom. The number of nitrogens with two attached hydrogens (primary N) is 1. The molecule has 0 radical (unpaired) electrons. The first-order valence-electron chi connectivity index (χ1n) is 6.82. The van der Waals surface area contributed by atoms with E-state index in [0.29, 0.717) is 12.5 Å². The molecule has 100 valence electrons. The van der Waals surface area contributed by atoms with Gasteiger partial charge >= 0.3 is 0 Å². The number of hydrogen-bond donors (Lipinski definition) is 1. The van der Waals surface area contributed by atoms with Gasteiger partial charge in [0.1, 0.15) is 6.61 Å². The second kappa shape index (κ2) is 6.71. The average molecular weight is 249 g/mol. The number of piperidine rings is 1. The van der Waals surface area contributed by atoms with Gasteiger partial charge in [-0.2, -0.15) is 0 Å². The van der Waals surface area contributed by atoms with E-state index in [1.807, 2.05) is 19.1 Å². The van der Waals surface area contributed by atoms with Crippen LogP contribution < -0.4 is 10.5 Å². The van der Waals surface area contributed by atoms with Crippen molar-refractivity contribution in [1.82, 2.24) is 9.88 Å². The molecule has 1 aliphatic heterocycles. The second-order valence-corrected chi connectivity index (χ2v) is 4.97. The van der Waals surface area contributed by atoms with Gasteiger partial charge in [0, 0.05) is 24.8 Å². The minimum Gasteiger partial charge on any atom is -0.476 e. The highest BCUT2D eigenvalue weighted by Crippen LogP contribution is 2.13. The van der Waals surface area contributed by atoms with Gasteiger partial charge < -0.3 is 10.5 Å². The molecule has 2 rings (SSSR count). The summed E-state index contributed by atoms with van der Waals surface area (Å²) in [6.45, 7) is 6.08. The third-order valence-electron chi connectivity index (χ3n) is 3.39.